The number of carboxylic acid groups (broad SMARTS) is 1. The predicted molar refractivity (Wildman–Crippen MR) is 159 cm³/mol. The Hall–Kier alpha value is -2.91. The summed E-state index contributed by atoms with van der Waals surface area (Å²) in [6.45, 7) is 4.00. The van der Waals surface area contributed by atoms with Crippen LogP contribution in [0.15, 0.2) is 48.5 Å². The van der Waals surface area contributed by atoms with Gasteiger partial charge in [-0.15, -0.1) is 0 Å². The number of likely N-dealkylation sites (tertiary alicyclic amines) is 1. The number of quaternary nitrogens is 2. The summed E-state index contributed by atoms with van der Waals surface area (Å²) in [6, 6.07) is 18.5. The van der Waals surface area contributed by atoms with E-state index in [-0.39, 0.29) is 11.3 Å². The number of alkyl halides is 3. The Bertz CT molecular complexity index is 1280. The molecule has 240 valence electrons. The van der Waals surface area contributed by atoms with Crippen LogP contribution in [0.3, 0.4) is 0 Å². The smallest absolute Gasteiger partial charge is 0.430 e. The van der Waals surface area contributed by atoms with Crippen LogP contribution in [0.1, 0.15) is 86.0 Å². The van der Waals surface area contributed by atoms with Gasteiger partial charge in [-0.3, -0.25) is 4.79 Å². The molecule has 6 rings (SSSR count). The highest BCUT2D eigenvalue weighted by Gasteiger charge is 2.55. The number of benzene rings is 2. The Balaban J connectivity index is 0.000000493. The van der Waals surface area contributed by atoms with Gasteiger partial charge in [-0.2, -0.15) is 13.2 Å². The minimum Gasteiger partial charge on any atom is -0.542 e. The van der Waals surface area contributed by atoms with Crippen LogP contribution >= 0.6 is 0 Å². The number of nitrogens with two attached hydrogens (primary N) is 2. The van der Waals surface area contributed by atoms with Crippen LogP contribution in [0.2, 0.25) is 0 Å². The number of nitrogens with zero attached hydrogens (tertiary/aromatic N) is 1. The monoisotopic (exact) mass is 614 g/mol. The van der Waals surface area contributed by atoms with E-state index in [4.69, 9.17) is 9.90 Å². The van der Waals surface area contributed by atoms with Gasteiger partial charge >= 0.3 is 6.18 Å². The van der Waals surface area contributed by atoms with Gasteiger partial charge in [0.25, 0.3) is 0 Å². The van der Waals surface area contributed by atoms with Crippen LogP contribution in [0.5, 0.6) is 0 Å². The van der Waals surface area contributed by atoms with E-state index in [1.165, 1.54) is 68.1 Å². The summed E-state index contributed by atoms with van der Waals surface area (Å²) in [5.74, 6) is -1.14. The second-order valence-corrected chi connectivity index (χ2v) is 13.3. The van der Waals surface area contributed by atoms with Crippen LogP contribution in [-0.2, 0) is 28.0 Å². The highest BCUT2D eigenvalue weighted by Crippen LogP contribution is 2.47. The van der Waals surface area contributed by atoms with E-state index in [1.54, 1.807) is 5.56 Å². The van der Waals surface area contributed by atoms with Crippen molar-refractivity contribution < 1.29 is 38.5 Å². The average molecular weight is 615 g/mol. The largest absolute Gasteiger partial charge is 0.542 e. The van der Waals surface area contributed by atoms with Crippen molar-refractivity contribution >= 4 is 11.9 Å². The second kappa shape index (κ2) is 14.0. The van der Waals surface area contributed by atoms with Gasteiger partial charge in [0.15, 0.2) is 0 Å². The summed E-state index contributed by atoms with van der Waals surface area (Å²) in [4.78, 5) is 25.9. The van der Waals surface area contributed by atoms with Crippen molar-refractivity contribution in [3.63, 3.8) is 0 Å². The number of carboxylic acids is 1. The Morgan fingerprint density at radius 3 is 2.43 bits per heavy atom. The minimum atomic E-state index is -5.19. The number of aliphatic carboxylic acids is 1. The molecule has 2 aromatic rings. The summed E-state index contributed by atoms with van der Waals surface area (Å²) in [6.07, 6.45) is 7.27. The number of hydrogen-bond donors (Lipinski definition) is 2. The average Bonchev–Trinajstić information content (AvgIpc) is 3.45. The number of fused-ring (bicyclic) bond motifs is 2. The van der Waals surface area contributed by atoms with Crippen molar-refractivity contribution in [3.8, 4) is 0 Å². The fraction of sp³-hybridized carbons (Fsp3) is 0.600. The van der Waals surface area contributed by atoms with Crippen molar-refractivity contribution in [1.29, 1.82) is 0 Å². The molecule has 3 fully saturated rings. The third-order valence-electron chi connectivity index (χ3n) is 10.8. The number of amides is 1. The summed E-state index contributed by atoms with van der Waals surface area (Å²) >= 11 is 0. The number of rotatable bonds is 5. The van der Waals surface area contributed by atoms with E-state index >= 15 is 0 Å². The van der Waals surface area contributed by atoms with Gasteiger partial charge in [-0.25, -0.2) is 0 Å². The maximum absolute atomic E-state index is 14.7. The van der Waals surface area contributed by atoms with Gasteiger partial charge in [0.2, 0.25) is 5.91 Å². The molecule has 2 heterocycles. The van der Waals surface area contributed by atoms with Crippen LogP contribution in [0.4, 0.5) is 13.2 Å². The van der Waals surface area contributed by atoms with E-state index in [1.807, 2.05) is 0 Å². The van der Waals surface area contributed by atoms with Crippen LogP contribution < -0.4 is 15.7 Å². The molecule has 2 aliphatic carbocycles. The molecule has 2 saturated heterocycles. The lowest BCUT2D eigenvalue weighted by Gasteiger charge is -2.47. The van der Waals surface area contributed by atoms with Gasteiger partial charge in [0, 0.05) is 18.2 Å². The lowest BCUT2D eigenvalue weighted by molar-refractivity contribution is -0.643. The van der Waals surface area contributed by atoms with Gasteiger partial charge < -0.3 is 25.4 Å². The van der Waals surface area contributed by atoms with Crippen molar-refractivity contribution in [2.24, 2.45) is 11.8 Å². The SMILES string of the molecule is C[NH2+]Cc1cccc2c1CCC[C@]21C[NH2+]C[C@H]1C(=O)N1CC[C@@H](c2ccccc2)C[C@H]1C1CCCCC1.O=C([O-])C(F)(F)F. The zero-order chi connectivity index (χ0) is 31.3. The van der Waals surface area contributed by atoms with E-state index in [0.29, 0.717) is 23.8 Å². The first-order valence-corrected chi connectivity index (χ1v) is 16.5. The minimum absolute atomic E-state index is 0.0157. The fourth-order valence-electron chi connectivity index (χ4n) is 8.77. The lowest BCUT2D eigenvalue weighted by atomic mass is 9.63. The highest BCUT2D eigenvalue weighted by molar-refractivity contribution is 5.82. The lowest BCUT2D eigenvalue weighted by Crippen LogP contribution is -2.82. The van der Waals surface area contributed by atoms with E-state index in [9.17, 15) is 18.0 Å². The van der Waals surface area contributed by atoms with Gasteiger partial charge in [0.1, 0.15) is 18.4 Å². The van der Waals surface area contributed by atoms with Gasteiger partial charge in [-0.05, 0) is 73.5 Å². The fourth-order valence-corrected chi connectivity index (χ4v) is 8.77. The first-order valence-electron chi connectivity index (χ1n) is 16.5. The maximum atomic E-state index is 14.7. The molecule has 1 amide bonds. The molecule has 9 heteroatoms. The predicted octanol–water partition coefficient (Wildman–Crippen LogP) is 2.80. The quantitative estimate of drug-likeness (QED) is 0.543. The molecular weight excluding hydrogens is 567 g/mol. The van der Waals surface area contributed by atoms with E-state index in [2.05, 4.69) is 71.1 Å². The molecule has 2 aromatic carbocycles. The first kappa shape index (κ1) is 32.5. The van der Waals surface area contributed by atoms with Crippen molar-refractivity contribution in [2.45, 2.75) is 94.3 Å². The second-order valence-electron chi connectivity index (χ2n) is 13.3. The summed E-state index contributed by atoms with van der Waals surface area (Å²) in [7, 11) is 2.16. The molecule has 4 N–H and O–H groups in total. The molecule has 0 unspecified atom stereocenters. The van der Waals surface area contributed by atoms with Crippen LogP contribution in [-0.4, -0.2) is 55.7 Å². The molecular formula is C35H47F3N3O3+. The van der Waals surface area contributed by atoms with E-state index < -0.39 is 12.1 Å². The third kappa shape index (κ3) is 6.84. The Morgan fingerprint density at radius 1 is 1.02 bits per heavy atom. The van der Waals surface area contributed by atoms with Gasteiger partial charge in [0.05, 0.1) is 25.6 Å². The molecule has 6 nitrogen and oxygen atoms in total. The third-order valence-corrected chi connectivity index (χ3v) is 10.8. The highest BCUT2D eigenvalue weighted by atomic mass is 19.4. The molecule has 4 atom stereocenters. The molecule has 0 radical (unpaired) electrons. The number of hydrogen-bond acceptors (Lipinski definition) is 3. The Morgan fingerprint density at radius 2 is 1.75 bits per heavy atom. The van der Waals surface area contributed by atoms with Gasteiger partial charge in [-0.1, -0.05) is 67.8 Å². The summed E-state index contributed by atoms with van der Waals surface area (Å²) in [5.41, 5.74) is 6.05. The van der Waals surface area contributed by atoms with Crippen molar-refractivity contribution in [3.05, 3.63) is 70.8 Å². The number of halogens is 3. The van der Waals surface area contributed by atoms with Crippen LogP contribution in [0, 0.1) is 11.8 Å². The zero-order valence-corrected chi connectivity index (χ0v) is 25.8. The number of carbonyl (C=O) groups is 2. The first-order chi connectivity index (χ1) is 21.2. The Labute approximate surface area is 258 Å². The molecule has 1 spiro atoms. The molecule has 0 aromatic heterocycles. The topological polar surface area (TPSA) is 93.7 Å². The van der Waals surface area contributed by atoms with Crippen molar-refractivity contribution in [1.82, 2.24) is 4.90 Å². The molecule has 2 aliphatic heterocycles. The van der Waals surface area contributed by atoms with Crippen molar-refractivity contribution in [2.75, 3.05) is 26.7 Å². The summed E-state index contributed by atoms with van der Waals surface area (Å²) in [5, 5.41) is 13.5. The molecule has 1 saturated carbocycles. The molecule has 0 bridgehead atoms. The summed E-state index contributed by atoms with van der Waals surface area (Å²) < 4.78 is 31.5. The molecule has 4 aliphatic rings. The maximum Gasteiger partial charge on any atom is 0.430 e. The van der Waals surface area contributed by atoms with E-state index in [0.717, 1.165) is 39.0 Å². The number of carbonyl (C=O) groups excluding carboxylic acids is 2. The Kier molecular flexibility index (Phi) is 10.4. The molecule has 44 heavy (non-hydrogen) atoms. The zero-order valence-electron chi connectivity index (χ0n) is 25.8. The number of piperidine rings is 1. The van der Waals surface area contributed by atoms with Crippen LogP contribution in [0.25, 0.3) is 0 Å². The normalized spacial score (nSPS) is 27.4. The standard InChI is InChI=1S/C33H45N3O.C2HF3O2/c1-34-21-27-14-8-16-29-28(27)15-9-18-33(29)23-35-22-30(33)32(37)36-19-17-26(24-10-4-2-5-11-24)20-31(36)25-12-6-3-7-13-25;3-2(4,5)1(6)7/h2,4-5,8,10-11,14,16,25-26,30-31,34-35H,3,6-7,9,12-13,15,17-23H2,1H3;(H,6,7)/p+1/t26-,30+,31+,33+;/m1./s1.